The smallest absolute Gasteiger partial charge is 0.253 e. The van der Waals surface area contributed by atoms with Crippen molar-refractivity contribution in [3.63, 3.8) is 0 Å². The lowest BCUT2D eigenvalue weighted by Gasteiger charge is -2.30. The van der Waals surface area contributed by atoms with Crippen molar-refractivity contribution in [2.45, 2.75) is 37.5 Å². The first-order valence-corrected chi connectivity index (χ1v) is 13.4. The van der Waals surface area contributed by atoms with Crippen LogP contribution in [0.2, 0.25) is 0 Å². The number of para-hydroxylation sites is 1. The van der Waals surface area contributed by atoms with Crippen molar-refractivity contribution in [3.05, 3.63) is 65.5 Å². The van der Waals surface area contributed by atoms with Crippen LogP contribution in [0.5, 0.6) is 0 Å². The highest BCUT2D eigenvalue weighted by Crippen LogP contribution is 2.24. The third-order valence-electron chi connectivity index (χ3n) is 6.42. The fraction of sp³-hybridized carbons (Fsp3) is 0.440. The van der Waals surface area contributed by atoms with Crippen molar-refractivity contribution in [1.82, 2.24) is 9.62 Å². The summed E-state index contributed by atoms with van der Waals surface area (Å²) in [5.41, 5.74) is 1.31. The Morgan fingerprint density at radius 1 is 1.03 bits per heavy atom. The minimum atomic E-state index is -3.57. The maximum absolute atomic E-state index is 13.1. The van der Waals surface area contributed by atoms with Crippen LogP contribution in [0.3, 0.4) is 0 Å². The lowest BCUT2D eigenvalue weighted by atomic mass is 9.97. The zero-order chi connectivity index (χ0) is 24.8. The van der Waals surface area contributed by atoms with Gasteiger partial charge in [0.2, 0.25) is 15.9 Å². The first-order chi connectivity index (χ1) is 16.8. The van der Waals surface area contributed by atoms with Crippen molar-refractivity contribution in [1.29, 1.82) is 0 Å². The molecule has 8 nitrogen and oxygen atoms in total. The van der Waals surface area contributed by atoms with Crippen LogP contribution in [0.25, 0.3) is 0 Å². The van der Waals surface area contributed by atoms with E-state index in [0.29, 0.717) is 42.8 Å². The molecular weight excluding hydrogens is 473 g/mol. The molecule has 0 saturated carbocycles. The molecule has 2 aromatic rings. The van der Waals surface area contributed by atoms with E-state index >= 15 is 0 Å². The van der Waals surface area contributed by atoms with E-state index in [2.05, 4.69) is 10.6 Å². The standard InChI is InChI=1S/C25H30FN3O5S/c26-20-9-7-18(8-10-20)17-35(32,33)29-13-11-19(12-14-29)24(30)28-23-6-2-1-5-22(23)25(31)27-16-21-4-3-15-34-21/h1-2,5-10,19,21H,3-4,11-17H2,(H,27,31)(H,28,30)/t21-/m1/s1. The van der Waals surface area contributed by atoms with Crippen molar-refractivity contribution < 1.29 is 27.1 Å². The normalized spacial score (nSPS) is 19.4. The first kappa shape index (κ1) is 25.3. The number of halogens is 1. The number of benzene rings is 2. The molecule has 0 bridgehead atoms. The molecule has 1 atom stereocenters. The van der Waals surface area contributed by atoms with E-state index in [1.807, 2.05) is 0 Å². The summed E-state index contributed by atoms with van der Waals surface area (Å²) in [6.45, 7) is 1.59. The van der Waals surface area contributed by atoms with Crippen molar-refractivity contribution in [2.75, 3.05) is 31.6 Å². The van der Waals surface area contributed by atoms with Gasteiger partial charge in [-0.25, -0.2) is 17.1 Å². The van der Waals surface area contributed by atoms with Crippen LogP contribution in [0.15, 0.2) is 48.5 Å². The summed E-state index contributed by atoms with van der Waals surface area (Å²) < 4.78 is 45.5. The van der Waals surface area contributed by atoms with E-state index in [9.17, 15) is 22.4 Å². The second-order valence-electron chi connectivity index (χ2n) is 8.94. The molecule has 0 spiro atoms. The fourth-order valence-electron chi connectivity index (χ4n) is 4.41. The molecule has 2 N–H and O–H groups in total. The summed E-state index contributed by atoms with van der Waals surface area (Å²) in [4.78, 5) is 25.6. The number of rotatable bonds is 8. The highest BCUT2D eigenvalue weighted by Gasteiger charge is 2.31. The molecule has 2 amide bonds. The van der Waals surface area contributed by atoms with E-state index in [-0.39, 0.29) is 42.7 Å². The average molecular weight is 504 g/mol. The molecule has 0 unspecified atom stereocenters. The molecule has 188 valence electrons. The van der Waals surface area contributed by atoms with E-state index in [1.54, 1.807) is 24.3 Å². The lowest BCUT2D eigenvalue weighted by Crippen LogP contribution is -2.42. The number of ether oxygens (including phenoxy) is 1. The Hall–Kier alpha value is -2.82. The summed E-state index contributed by atoms with van der Waals surface area (Å²) >= 11 is 0. The molecule has 0 aromatic heterocycles. The van der Waals surface area contributed by atoms with Gasteiger partial charge in [0, 0.05) is 32.2 Å². The largest absolute Gasteiger partial charge is 0.376 e. The number of piperidine rings is 1. The number of anilines is 1. The Kier molecular flexibility index (Phi) is 8.15. The third-order valence-corrected chi connectivity index (χ3v) is 8.27. The van der Waals surface area contributed by atoms with Gasteiger partial charge in [-0.15, -0.1) is 0 Å². The molecule has 2 saturated heterocycles. The van der Waals surface area contributed by atoms with E-state index in [1.165, 1.54) is 28.6 Å². The van der Waals surface area contributed by atoms with Gasteiger partial charge in [0.15, 0.2) is 0 Å². The van der Waals surface area contributed by atoms with Gasteiger partial charge in [-0.1, -0.05) is 24.3 Å². The average Bonchev–Trinajstić information content (AvgIpc) is 3.38. The monoisotopic (exact) mass is 503 g/mol. The maximum Gasteiger partial charge on any atom is 0.253 e. The van der Waals surface area contributed by atoms with Gasteiger partial charge in [-0.2, -0.15) is 0 Å². The SMILES string of the molecule is O=C(NC[C@H]1CCCO1)c1ccccc1NC(=O)C1CCN(S(=O)(=O)Cc2ccc(F)cc2)CC1. The summed E-state index contributed by atoms with van der Waals surface area (Å²) in [5.74, 6) is -1.51. The molecule has 2 aliphatic heterocycles. The Morgan fingerprint density at radius 3 is 2.43 bits per heavy atom. The zero-order valence-electron chi connectivity index (χ0n) is 19.4. The van der Waals surface area contributed by atoms with Gasteiger partial charge in [-0.05, 0) is 55.5 Å². The second-order valence-corrected chi connectivity index (χ2v) is 10.9. The van der Waals surface area contributed by atoms with Crippen molar-refractivity contribution in [2.24, 2.45) is 5.92 Å². The molecule has 2 aliphatic rings. The van der Waals surface area contributed by atoms with Gasteiger partial charge in [0.05, 0.1) is 23.1 Å². The van der Waals surface area contributed by atoms with Gasteiger partial charge in [0.25, 0.3) is 5.91 Å². The van der Waals surface area contributed by atoms with Crippen molar-refractivity contribution in [3.8, 4) is 0 Å². The quantitative estimate of drug-likeness (QED) is 0.577. The highest BCUT2D eigenvalue weighted by atomic mass is 32.2. The first-order valence-electron chi connectivity index (χ1n) is 11.8. The van der Waals surface area contributed by atoms with Gasteiger partial charge in [0.1, 0.15) is 5.82 Å². The Labute approximate surface area is 204 Å². The Bertz CT molecular complexity index is 1140. The summed E-state index contributed by atoms with van der Waals surface area (Å²) in [5, 5.41) is 5.72. The minimum absolute atomic E-state index is 0.0187. The number of amides is 2. The Morgan fingerprint density at radius 2 is 1.74 bits per heavy atom. The summed E-state index contributed by atoms with van der Waals surface area (Å²) in [7, 11) is -3.57. The summed E-state index contributed by atoms with van der Waals surface area (Å²) in [6, 6.07) is 12.2. The molecular formula is C25H30FN3O5S. The number of nitrogens with one attached hydrogen (secondary N) is 2. The number of carbonyl (C=O) groups is 2. The van der Waals surface area contributed by atoms with Crippen molar-refractivity contribution >= 4 is 27.5 Å². The number of hydrogen-bond donors (Lipinski definition) is 2. The van der Waals surface area contributed by atoms with Crippen LogP contribution in [-0.4, -0.2) is 56.9 Å². The second kappa shape index (κ2) is 11.3. The predicted octanol–water partition coefficient (Wildman–Crippen LogP) is 2.92. The molecule has 2 aromatic carbocycles. The van der Waals surface area contributed by atoms with Gasteiger partial charge < -0.3 is 15.4 Å². The fourth-order valence-corrected chi connectivity index (χ4v) is 5.97. The van der Waals surface area contributed by atoms with Crippen LogP contribution >= 0.6 is 0 Å². The Balaban J connectivity index is 1.31. The van der Waals surface area contributed by atoms with Crippen LogP contribution in [0, 0.1) is 11.7 Å². The molecule has 35 heavy (non-hydrogen) atoms. The number of hydrogen-bond acceptors (Lipinski definition) is 5. The van der Waals surface area contributed by atoms with E-state index in [0.717, 1.165) is 12.8 Å². The lowest BCUT2D eigenvalue weighted by molar-refractivity contribution is -0.120. The van der Waals surface area contributed by atoms with Crippen LogP contribution in [-0.2, 0) is 25.3 Å². The van der Waals surface area contributed by atoms with E-state index in [4.69, 9.17) is 4.74 Å². The maximum atomic E-state index is 13.1. The molecule has 2 heterocycles. The molecule has 0 aliphatic carbocycles. The minimum Gasteiger partial charge on any atom is -0.376 e. The topological polar surface area (TPSA) is 105 Å². The zero-order valence-corrected chi connectivity index (χ0v) is 20.2. The van der Waals surface area contributed by atoms with Crippen LogP contribution in [0.4, 0.5) is 10.1 Å². The van der Waals surface area contributed by atoms with Crippen LogP contribution < -0.4 is 10.6 Å². The van der Waals surface area contributed by atoms with Gasteiger partial charge in [-0.3, -0.25) is 9.59 Å². The number of carbonyl (C=O) groups excluding carboxylic acids is 2. The van der Waals surface area contributed by atoms with Gasteiger partial charge >= 0.3 is 0 Å². The number of sulfonamides is 1. The molecule has 0 radical (unpaired) electrons. The number of nitrogens with zero attached hydrogens (tertiary/aromatic N) is 1. The summed E-state index contributed by atoms with van der Waals surface area (Å²) in [6.07, 6.45) is 2.67. The predicted molar refractivity (Wildman–Crippen MR) is 130 cm³/mol. The van der Waals surface area contributed by atoms with E-state index < -0.39 is 15.8 Å². The molecule has 4 rings (SSSR count). The third kappa shape index (κ3) is 6.65. The molecule has 10 heteroatoms. The van der Waals surface area contributed by atoms with Crippen LogP contribution in [0.1, 0.15) is 41.6 Å². The molecule has 2 fully saturated rings. The highest BCUT2D eigenvalue weighted by molar-refractivity contribution is 7.88.